The van der Waals surface area contributed by atoms with Gasteiger partial charge in [0.25, 0.3) is 0 Å². The Balaban J connectivity index is 2.45. The van der Waals surface area contributed by atoms with E-state index in [1.54, 1.807) is 24.3 Å². The average molecular weight is 240 g/mol. The van der Waals surface area contributed by atoms with E-state index in [1.165, 1.54) is 0 Å². The minimum absolute atomic E-state index is 0.0406. The average Bonchev–Trinajstić information content (AvgIpc) is 2.34. The summed E-state index contributed by atoms with van der Waals surface area (Å²) in [5.74, 6) is -0.541. The Morgan fingerprint density at radius 3 is 2.81 bits per heavy atom. The van der Waals surface area contributed by atoms with E-state index in [1.807, 2.05) is 6.07 Å². The van der Waals surface area contributed by atoms with E-state index in [0.29, 0.717) is 5.56 Å². The Morgan fingerprint density at radius 2 is 2.19 bits per heavy atom. The maximum Gasteiger partial charge on any atom is 0.328 e. The molecule has 1 aromatic carbocycles. The number of carbonyl (C=O) groups is 1. The van der Waals surface area contributed by atoms with Crippen LogP contribution in [-0.4, -0.2) is 19.1 Å². The lowest BCUT2D eigenvalue weighted by atomic mass is 10.1. The van der Waals surface area contributed by atoms with Crippen LogP contribution in [0.1, 0.15) is 10.9 Å². The number of hydrogen-bond donors (Lipinski definition) is 0. The number of halogens is 1. The van der Waals surface area contributed by atoms with Gasteiger partial charge in [-0.2, -0.15) is 0 Å². The lowest BCUT2D eigenvalue weighted by Gasteiger charge is -2.08. The van der Waals surface area contributed by atoms with Crippen LogP contribution in [0.15, 0.2) is 35.4 Å². The number of alkyl halides is 1. The maximum atomic E-state index is 11.4. The van der Waals surface area contributed by atoms with Crippen LogP contribution in [0, 0.1) is 0 Å². The van der Waals surface area contributed by atoms with Crippen molar-refractivity contribution in [1.82, 2.24) is 0 Å². The van der Waals surface area contributed by atoms with E-state index >= 15 is 0 Å². The maximum absolute atomic E-state index is 11.4. The van der Waals surface area contributed by atoms with Crippen molar-refractivity contribution in [3.8, 4) is 0 Å². The summed E-state index contributed by atoms with van der Waals surface area (Å²) in [6.45, 7) is 0.152. The highest BCUT2D eigenvalue weighted by atomic mass is 35.5. The third-order valence-corrected chi connectivity index (χ3v) is 2.23. The molecule has 0 aromatic heterocycles. The fourth-order valence-electron chi connectivity index (χ4n) is 1.06. The molecule has 1 rings (SSSR count). The normalized spacial score (nSPS) is 11.3. The molecule has 0 aliphatic heterocycles. The van der Waals surface area contributed by atoms with Crippen molar-refractivity contribution in [2.75, 3.05) is 13.2 Å². The molecule has 0 saturated heterocycles. The summed E-state index contributed by atoms with van der Waals surface area (Å²) in [6, 6.07) is 8.90. The number of azide groups is 1. The van der Waals surface area contributed by atoms with Crippen molar-refractivity contribution in [3.05, 3.63) is 46.3 Å². The van der Waals surface area contributed by atoms with E-state index in [9.17, 15) is 4.79 Å². The summed E-state index contributed by atoms with van der Waals surface area (Å²) in [5, 5.41) is 2.41. The molecule has 1 atom stereocenters. The first-order chi connectivity index (χ1) is 7.75. The fraction of sp³-hybridized carbons (Fsp3) is 0.300. The Labute approximate surface area is 97.6 Å². The Hall–Kier alpha value is -1.71. The summed E-state index contributed by atoms with van der Waals surface area (Å²) >= 11 is 5.89. The Kier molecular flexibility index (Phi) is 5.19. The largest absolute Gasteiger partial charge is 0.464 e. The number of hydrogen-bond acceptors (Lipinski definition) is 3. The molecule has 0 saturated carbocycles. The van der Waals surface area contributed by atoms with E-state index in [2.05, 4.69) is 10.0 Å². The number of carbonyl (C=O) groups excluding carboxylic acids is 1. The van der Waals surface area contributed by atoms with E-state index in [-0.39, 0.29) is 13.2 Å². The van der Waals surface area contributed by atoms with Gasteiger partial charge in [-0.05, 0) is 11.1 Å². The van der Waals surface area contributed by atoms with Gasteiger partial charge in [0, 0.05) is 4.91 Å². The zero-order valence-corrected chi connectivity index (χ0v) is 9.17. The predicted molar refractivity (Wildman–Crippen MR) is 60.0 cm³/mol. The fourth-order valence-corrected chi connectivity index (χ4v) is 1.27. The minimum atomic E-state index is -0.827. The first kappa shape index (κ1) is 12.4. The molecule has 0 heterocycles. The summed E-state index contributed by atoms with van der Waals surface area (Å²) in [6.07, 6.45) is 0. The SMILES string of the molecule is [N-]=[N+]=NCCOC(=O)C(Cl)c1ccccc1. The van der Waals surface area contributed by atoms with Gasteiger partial charge in [0.15, 0.2) is 5.38 Å². The van der Waals surface area contributed by atoms with Crippen molar-refractivity contribution in [2.45, 2.75) is 5.38 Å². The highest BCUT2D eigenvalue weighted by molar-refractivity contribution is 6.29. The molecule has 84 valence electrons. The highest BCUT2D eigenvalue weighted by Crippen LogP contribution is 2.21. The van der Waals surface area contributed by atoms with Crippen LogP contribution in [0.5, 0.6) is 0 Å². The van der Waals surface area contributed by atoms with Gasteiger partial charge in [-0.1, -0.05) is 35.4 Å². The van der Waals surface area contributed by atoms with Crippen molar-refractivity contribution < 1.29 is 9.53 Å². The van der Waals surface area contributed by atoms with Crippen LogP contribution >= 0.6 is 11.6 Å². The molecule has 6 heteroatoms. The topological polar surface area (TPSA) is 75.1 Å². The van der Waals surface area contributed by atoms with Crippen molar-refractivity contribution in [1.29, 1.82) is 0 Å². The molecule has 0 aliphatic carbocycles. The van der Waals surface area contributed by atoms with Crippen LogP contribution in [0.25, 0.3) is 10.4 Å². The number of benzene rings is 1. The first-order valence-corrected chi connectivity index (χ1v) is 5.06. The molecule has 0 bridgehead atoms. The Bertz CT molecular complexity index is 390. The van der Waals surface area contributed by atoms with Crippen LogP contribution in [0.2, 0.25) is 0 Å². The minimum Gasteiger partial charge on any atom is -0.464 e. The molecule has 0 aliphatic rings. The number of nitrogens with zero attached hydrogens (tertiary/aromatic N) is 3. The molecule has 5 nitrogen and oxygen atoms in total. The summed E-state index contributed by atoms with van der Waals surface area (Å²) in [4.78, 5) is 14.0. The Morgan fingerprint density at radius 1 is 1.50 bits per heavy atom. The monoisotopic (exact) mass is 239 g/mol. The summed E-state index contributed by atoms with van der Waals surface area (Å²) in [7, 11) is 0. The molecule has 0 N–H and O–H groups in total. The summed E-state index contributed by atoms with van der Waals surface area (Å²) in [5.41, 5.74) is 8.69. The highest BCUT2D eigenvalue weighted by Gasteiger charge is 2.18. The van der Waals surface area contributed by atoms with Crippen LogP contribution in [0.4, 0.5) is 0 Å². The second-order valence-corrected chi connectivity index (χ2v) is 3.33. The van der Waals surface area contributed by atoms with Crippen molar-refractivity contribution in [3.63, 3.8) is 0 Å². The van der Waals surface area contributed by atoms with Crippen LogP contribution < -0.4 is 0 Å². The van der Waals surface area contributed by atoms with Gasteiger partial charge in [-0.3, -0.25) is 4.79 Å². The smallest absolute Gasteiger partial charge is 0.328 e. The molecular weight excluding hydrogens is 230 g/mol. The predicted octanol–water partition coefficient (Wildman–Crippen LogP) is 2.82. The lowest BCUT2D eigenvalue weighted by Crippen LogP contribution is -2.13. The third-order valence-electron chi connectivity index (χ3n) is 1.80. The van der Waals surface area contributed by atoms with E-state index in [0.717, 1.165) is 0 Å². The third kappa shape index (κ3) is 3.81. The molecule has 0 fully saturated rings. The van der Waals surface area contributed by atoms with Gasteiger partial charge in [0.1, 0.15) is 0 Å². The number of rotatable bonds is 5. The molecule has 0 radical (unpaired) electrons. The van der Waals surface area contributed by atoms with Gasteiger partial charge in [-0.25, -0.2) is 0 Å². The molecule has 0 spiro atoms. The quantitative estimate of drug-likeness (QED) is 0.198. The molecule has 0 amide bonds. The van der Waals surface area contributed by atoms with Crippen LogP contribution in [-0.2, 0) is 9.53 Å². The van der Waals surface area contributed by atoms with Gasteiger partial charge in [0.05, 0.1) is 13.2 Å². The second kappa shape index (κ2) is 6.71. The standard InChI is InChI=1S/C10H10ClN3O2/c11-9(8-4-2-1-3-5-8)10(15)16-7-6-13-14-12/h1-5,9H,6-7H2. The van der Waals surface area contributed by atoms with Crippen molar-refractivity contribution >= 4 is 17.6 Å². The zero-order chi connectivity index (χ0) is 11.8. The van der Waals surface area contributed by atoms with Crippen LogP contribution in [0.3, 0.4) is 0 Å². The lowest BCUT2D eigenvalue weighted by molar-refractivity contribution is -0.143. The number of esters is 1. The van der Waals surface area contributed by atoms with Gasteiger partial charge in [-0.15, -0.1) is 11.6 Å². The van der Waals surface area contributed by atoms with Gasteiger partial charge < -0.3 is 4.74 Å². The van der Waals surface area contributed by atoms with E-state index < -0.39 is 11.3 Å². The molecule has 1 aromatic rings. The molecular formula is C10H10ClN3O2. The first-order valence-electron chi connectivity index (χ1n) is 4.62. The number of ether oxygens (including phenoxy) is 1. The van der Waals surface area contributed by atoms with Crippen molar-refractivity contribution in [2.24, 2.45) is 5.11 Å². The molecule has 16 heavy (non-hydrogen) atoms. The van der Waals surface area contributed by atoms with Gasteiger partial charge >= 0.3 is 5.97 Å². The zero-order valence-electron chi connectivity index (χ0n) is 8.41. The summed E-state index contributed by atoms with van der Waals surface area (Å²) < 4.78 is 4.82. The van der Waals surface area contributed by atoms with Gasteiger partial charge in [0.2, 0.25) is 0 Å². The van der Waals surface area contributed by atoms with E-state index in [4.69, 9.17) is 21.9 Å². The molecule has 1 unspecified atom stereocenters. The second-order valence-electron chi connectivity index (χ2n) is 2.90.